The number of nitrogens with zero attached hydrogens (tertiary/aromatic N) is 5. The molecule has 1 aromatic heterocycles. The third-order valence-electron chi connectivity index (χ3n) is 2.46. The summed E-state index contributed by atoms with van der Waals surface area (Å²) < 4.78 is 1.76. The van der Waals surface area contributed by atoms with Crippen LogP contribution < -0.4 is 5.73 Å². The summed E-state index contributed by atoms with van der Waals surface area (Å²) in [6.07, 6.45) is 1.52. The molecule has 6 nitrogen and oxygen atoms in total. The van der Waals surface area contributed by atoms with E-state index in [4.69, 9.17) is 5.73 Å². The van der Waals surface area contributed by atoms with Crippen molar-refractivity contribution in [2.24, 2.45) is 10.7 Å². The first kappa shape index (κ1) is 12.1. The van der Waals surface area contributed by atoms with Gasteiger partial charge in [-0.25, -0.2) is 14.7 Å². The van der Waals surface area contributed by atoms with E-state index in [1.165, 1.54) is 6.33 Å². The maximum atomic E-state index is 5.74. The third kappa shape index (κ3) is 2.65. The molecule has 0 aliphatic rings. The minimum Gasteiger partial charge on any atom is -0.370 e. The van der Waals surface area contributed by atoms with Gasteiger partial charge in [0.1, 0.15) is 12.9 Å². The largest absolute Gasteiger partial charge is 0.370 e. The van der Waals surface area contributed by atoms with Crippen molar-refractivity contribution >= 4 is 5.96 Å². The van der Waals surface area contributed by atoms with Gasteiger partial charge in [-0.05, 0) is 12.1 Å². The van der Waals surface area contributed by atoms with Gasteiger partial charge in [-0.15, -0.1) is 0 Å². The van der Waals surface area contributed by atoms with E-state index in [1.807, 2.05) is 44.4 Å². The Morgan fingerprint density at radius 1 is 1.33 bits per heavy atom. The molecule has 0 amide bonds. The Hall–Kier alpha value is -2.37. The molecule has 0 saturated carbocycles. The highest BCUT2D eigenvalue weighted by atomic mass is 15.3. The van der Waals surface area contributed by atoms with Gasteiger partial charge < -0.3 is 10.6 Å². The van der Waals surface area contributed by atoms with Crippen molar-refractivity contribution < 1.29 is 0 Å². The number of guanidine groups is 1. The lowest BCUT2D eigenvalue weighted by Gasteiger charge is -2.10. The second-order valence-electron chi connectivity index (χ2n) is 3.99. The fourth-order valence-corrected chi connectivity index (χ4v) is 1.45. The molecule has 0 fully saturated rings. The van der Waals surface area contributed by atoms with Crippen LogP contribution in [0.25, 0.3) is 5.69 Å². The van der Waals surface area contributed by atoms with Crippen LogP contribution >= 0.6 is 0 Å². The molecule has 18 heavy (non-hydrogen) atoms. The van der Waals surface area contributed by atoms with Gasteiger partial charge >= 0.3 is 0 Å². The van der Waals surface area contributed by atoms with E-state index in [0.29, 0.717) is 12.5 Å². The summed E-state index contributed by atoms with van der Waals surface area (Å²) in [5.74, 6) is 1.23. The van der Waals surface area contributed by atoms with Crippen LogP contribution in [0.15, 0.2) is 41.7 Å². The Morgan fingerprint density at radius 3 is 2.72 bits per heavy atom. The van der Waals surface area contributed by atoms with Gasteiger partial charge in [0.15, 0.2) is 11.8 Å². The average Bonchev–Trinajstić information content (AvgIpc) is 2.85. The summed E-state index contributed by atoms with van der Waals surface area (Å²) in [7, 11) is 3.70. The number of nitrogens with two attached hydrogens (primary N) is 1. The number of para-hydroxylation sites is 1. The van der Waals surface area contributed by atoms with Crippen LogP contribution in [0.2, 0.25) is 0 Å². The monoisotopic (exact) mass is 244 g/mol. The van der Waals surface area contributed by atoms with Crippen molar-refractivity contribution in [3.05, 3.63) is 42.5 Å². The zero-order valence-electron chi connectivity index (χ0n) is 10.5. The topological polar surface area (TPSA) is 72.3 Å². The highest BCUT2D eigenvalue weighted by Gasteiger charge is 2.05. The maximum absolute atomic E-state index is 5.74. The summed E-state index contributed by atoms with van der Waals surface area (Å²) >= 11 is 0. The molecule has 2 N–H and O–H groups in total. The molecule has 2 rings (SSSR count). The predicted octanol–water partition coefficient (Wildman–Crippen LogP) is 0.644. The number of hydrogen-bond donors (Lipinski definition) is 1. The van der Waals surface area contributed by atoms with E-state index >= 15 is 0 Å². The molecular formula is C12H16N6. The van der Waals surface area contributed by atoms with E-state index in [0.717, 1.165) is 11.5 Å². The molecule has 0 bridgehead atoms. The van der Waals surface area contributed by atoms with Crippen LogP contribution in [0.5, 0.6) is 0 Å². The molecule has 94 valence electrons. The molecule has 0 radical (unpaired) electrons. The van der Waals surface area contributed by atoms with E-state index in [-0.39, 0.29) is 0 Å². The van der Waals surface area contributed by atoms with Gasteiger partial charge in [-0.3, -0.25) is 0 Å². The van der Waals surface area contributed by atoms with Gasteiger partial charge in [0.25, 0.3) is 0 Å². The quantitative estimate of drug-likeness (QED) is 0.635. The smallest absolute Gasteiger partial charge is 0.191 e. The SMILES string of the molecule is CN(C)C(N)=NCc1ncnn1-c1ccccc1. The van der Waals surface area contributed by atoms with Crippen LogP contribution in [0, 0.1) is 0 Å². The number of benzene rings is 1. The Morgan fingerprint density at radius 2 is 2.06 bits per heavy atom. The normalized spacial score (nSPS) is 11.6. The Bertz CT molecular complexity index is 529. The predicted molar refractivity (Wildman–Crippen MR) is 70.4 cm³/mol. The molecule has 0 aliphatic heterocycles. The van der Waals surface area contributed by atoms with Crippen molar-refractivity contribution in [1.29, 1.82) is 0 Å². The summed E-state index contributed by atoms with van der Waals surface area (Å²) in [5.41, 5.74) is 6.70. The van der Waals surface area contributed by atoms with Crippen LogP contribution in [0.1, 0.15) is 5.82 Å². The summed E-state index contributed by atoms with van der Waals surface area (Å²) in [4.78, 5) is 10.2. The highest BCUT2D eigenvalue weighted by Crippen LogP contribution is 2.08. The number of hydrogen-bond acceptors (Lipinski definition) is 3. The van der Waals surface area contributed by atoms with Gasteiger partial charge in [0.2, 0.25) is 0 Å². The van der Waals surface area contributed by atoms with Crippen LogP contribution in [-0.4, -0.2) is 39.7 Å². The highest BCUT2D eigenvalue weighted by molar-refractivity contribution is 5.77. The first-order chi connectivity index (χ1) is 8.68. The molecule has 1 aromatic carbocycles. The minimum absolute atomic E-state index is 0.402. The Labute approximate surface area is 106 Å². The van der Waals surface area contributed by atoms with Gasteiger partial charge in [-0.1, -0.05) is 18.2 Å². The molecule has 0 aliphatic carbocycles. The molecule has 0 unspecified atom stereocenters. The summed E-state index contributed by atoms with van der Waals surface area (Å²) in [6.45, 7) is 0.402. The number of aliphatic imine (C=N–C) groups is 1. The first-order valence-corrected chi connectivity index (χ1v) is 5.60. The third-order valence-corrected chi connectivity index (χ3v) is 2.46. The second kappa shape index (κ2) is 5.31. The molecule has 0 atom stereocenters. The second-order valence-corrected chi connectivity index (χ2v) is 3.99. The van der Waals surface area contributed by atoms with E-state index < -0.39 is 0 Å². The zero-order chi connectivity index (χ0) is 13.0. The summed E-state index contributed by atoms with van der Waals surface area (Å²) in [6, 6.07) is 9.81. The molecule has 0 spiro atoms. The molecule has 0 saturated heterocycles. The number of aromatic nitrogens is 3. The first-order valence-electron chi connectivity index (χ1n) is 5.60. The average molecular weight is 244 g/mol. The van der Waals surface area contributed by atoms with Crippen LogP contribution in [-0.2, 0) is 6.54 Å². The molecule has 1 heterocycles. The summed E-state index contributed by atoms with van der Waals surface area (Å²) in [5, 5.41) is 4.19. The minimum atomic E-state index is 0.402. The van der Waals surface area contributed by atoms with Crippen molar-refractivity contribution in [2.75, 3.05) is 14.1 Å². The lowest BCUT2D eigenvalue weighted by atomic mass is 10.3. The molecule has 2 aromatic rings. The lowest BCUT2D eigenvalue weighted by molar-refractivity contribution is 0.607. The van der Waals surface area contributed by atoms with Gasteiger partial charge in [0.05, 0.1) is 5.69 Å². The number of rotatable bonds is 3. The van der Waals surface area contributed by atoms with Crippen molar-refractivity contribution in [1.82, 2.24) is 19.7 Å². The van der Waals surface area contributed by atoms with Gasteiger partial charge in [0, 0.05) is 14.1 Å². The van der Waals surface area contributed by atoms with Crippen LogP contribution in [0.3, 0.4) is 0 Å². The molecular weight excluding hydrogens is 228 g/mol. The standard InChI is InChI=1S/C12H16N6/c1-17(2)12(13)14-8-11-15-9-16-18(11)10-6-4-3-5-7-10/h3-7,9H,8H2,1-2H3,(H2,13,14). The lowest BCUT2D eigenvalue weighted by Crippen LogP contribution is -2.30. The Kier molecular flexibility index (Phi) is 3.57. The van der Waals surface area contributed by atoms with E-state index in [1.54, 1.807) is 9.58 Å². The van der Waals surface area contributed by atoms with Crippen molar-refractivity contribution in [3.8, 4) is 5.69 Å². The zero-order valence-corrected chi connectivity index (χ0v) is 10.5. The molecule has 6 heteroatoms. The Balaban J connectivity index is 2.22. The van der Waals surface area contributed by atoms with E-state index in [2.05, 4.69) is 15.1 Å². The van der Waals surface area contributed by atoms with Crippen molar-refractivity contribution in [2.45, 2.75) is 6.54 Å². The fraction of sp³-hybridized carbons (Fsp3) is 0.250. The van der Waals surface area contributed by atoms with E-state index in [9.17, 15) is 0 Å². The van der Waals surface area contributed by atoms with Crippen molar-refractivity contribution in [3.63, 3.8) is 0 Å². The van der Waals surface area contributed by atoms with Gasteiger partial charge in [-0.2, -0.15) is 5.10 Å². The fourth-order valence-electron chi connectivity index (χ4n) is 1.45. The maximum Gasteiger partial charge on any atom is 0.191 e. The van der Waals surface area contributed by atoms with Crippen LogP contribution in [0.4, 0.5) is 0 Å².